The molecule has 1 aliphatic carbocycles. The Morgan fingerprint density at radius 1 is 1.10 bits per heavy atom. The van der Waals surface area contributed by atoms with Gasteiger partial charge in [-0.3, -0.25) is 9.48 Å². The molecule has 0 aliphatic heterocycles. The molecular formula is C26H28N4O. The summed E-state index contributed by atoms with van der Waals surface area (Å²) in [5, 5.41) is 16.7. The quantitative estimate of drug-likeness (QED) is 0.602. The maximum absolute atomic E-state index is 12.8. The van der Waals surface area contributed by atoms with Gasteiger partial charge in [-0.2, -0.15) is 10.4 Å². The van der Waals surface area contributed by atoms with Crippen LogP contribution in [0.15, 0.2) is 54.6 Å². The average Bonchev–Trinajstić information content (AvgIpc) is 3.21. The third-order valence-corrected chi connectivity index (χ3v) is 6.26. The molecule has 1 N–H and O–H groups in total. The second-order valence-corrected chi connectivity index (χ2v) is 8.42. The van der Waals surface area contributed by atoms with E-state index in [4.69, 9.17) is 5.26 Å². The number of benzene rings is 2. The van der Waals surface area contributed by atoms with Crippen molar-refractivity contribution in [2.45, 2.75) is 51.0 Å². The van der Waals surface area contributed by atoms with Gasteiger partial charge in [0.25, 0.3) is 5.91 Å². The van der Waals surface area contributed by atoms with Gasteiger partial charge in [-0.15, -0.1) is 0 Å². The second-order valence-electron chi connectivity index (χ2n) is 8.42. The first-order valence-electron chi connectivity index (χ1n) is 11.0. The Bertz CT molecular complexity index is 1100. The van der Waals surface area contributed by atoms with Crippen LogP contribution in [0.5, 0.6) is 0 Å². The van der Waals surface area contributed by atoms with Gasteiger partial charge in [-0.25, -0.2) is 0 Å². The van der Waals surface area contributed by atoms with Crippen molar-refractivity contribution >= 4 is 5.91 Å². The fourth-order valence-electron chi connectivity index (χ4n) is 4.46. The summed E-state index contributed by atoms with van der Waals surface area (Å²) in [7, 11) is 1.93. The smallest absolute Gasteiger partial charge is 0.272 e. The van der Waals surface area contributed by atoms with Crippen molar-refractivity contribution in [3.05, 3.63) is 77.1 Å². The molecule has 158 valence electrons. The fourth-order valence-corrected chi connectivity index (χ4v) is 4.46. The topological polar surface area (TPSA) is 70.7 Å². The lowest BCUT2D eigenvalue weighted by Gasteiger charge is -2.21. The molecule has 1 heterocycles. The Kier molecular flexibility index (Phi) is 6.18. The normalized spacial score (nSPS) is 15.3. The SMILES string of the molecule is CC(NC(=O)c1cc(C2CCCCC2)n(C)n1)c1ccc(-c2cccc(C#N)c2)cc1. The summed E-state index contributed by atoms with van der Waals surface area (Å²) in [4.78, 5) is 12.8. The van der Waals surface area contributed by atoms with E-state index in [0.717, 1.165) is 16.7 Å². The van der Waals surface area contributed by atoms with Gasteiger partial charge in [0.05, 0.1) is 17.7 Å². The number of nitrogens with one attached hydrogen (secondary N) is 1. The van der Waals surface area contributed by atoms with Crippen LogP contribution in [-0.2, 0) is 7.05 Å². The summed E-state index contributed by atoms with van der Waals surface area (Å²) >= 11 is 0. The van der Waals surface area contributed by atoms with Crippen LogP contribution in [0, 0.1) is 11.3 Å². The molecule has 1 aromatic heterocycles. The number of nitrogens with zero attached hydrogens (tertiary/aromatic N) is 3. The molecule has 1 amide bonds. The molecule has 0 saturated heterocycles. The van der Waals surface area contributed by atoms with Crippen LogP contribution >= 0.6 is 0 Å². The predicted molar refractivity (Wildman–Crippen MR) is 122 cm³/mol. The van der Waals surface area contributed by atoms with E-state index in [1.165, 1.54) is 37.8 Å². The van der Waals surface area contributed by atoms with Crippen molar-refractivity contribution in [1.82, 2.24) is 15.1 Å². The molecule has 1 fully saturated rings. The Morgan fingerprint density at radius 3 is 2.55 bits per heavy atom. The third-order valence-electron chi connectivity index (χ3n) is 6.26. The van der Waals surface area contributed by atoms with Gasteiger partial charge in [-0.05, 0) is 54.7 Å². The molecule has 3 aromatic rings. The van der Waals surface area contributed by atoms with Crippen LogP contribution in [0.2, 0.25) is 0 Å². The predicted octanol–water partition coefficient (Wildman–Crippen LogP) is 5.50. The Labute approximate surface area is 183 Å². The van der Waals surface area contributed by atoms with Crippen molar-refractivity contribution in [3.8, 4) is 17.2 Å². The molecule has 1 atom stereocenters. The van der Waals surface area contributed by atoms with E-state index >= 15 is 0 Å². The number of amides is 1. The lowest BCUT2D eigenvalue weighted by atomic mass is 9.87. The van der Waals surface area contributed by atoms with E-state index < -0.39 is 0 Å². The average molecular weight is 413 g/mol. The maximum Gasteiger partial charge on any atom is 0.272 e. The zero-order valence-electron chi connectivity index (χ0n) is 18.1. The number of aromatic nitrogens is 2. The van der Waals surface area contributed by atoms with Gasteiger partial charge in [-0.1, -0.05) is 55.7 Å². The molecule has 0 spiro atoms. The molecule has 1 saturated carbocycles. The first-order chi connectivity index (χ1) is 15.0. The number of hydrogen-bond acceptors (Lipinski definition) is 3. The minimum Gasteiger partial charge on any atom is -0.344 e. The number of aryl methyl sites for hydroxylation is 1. The standard InChI is InChI=1S/C26H28N4O/c1-18(20-11-13-21(14-12-20)23-10-6-7-19(15-23)17-27)28-26(31)24-16-25(30(2)29-24)22-8-4-3-5-9-22/h6-7,10-16,18,22H,3-5,8-9H2,1-2H3,(H,28,31). The fraction of sp³-hybridized carbons (Fsp3) is 0.346. The van der Waals surface area contributed by atoms with Gasteiger partial charge in [0.2, 0.25) is 0 Å². The highest BCUT2D eigenvalue weighted by Gasteiger charge is 2.22. The number of nitriles is 1. The van der Waals surface area contributed by atoms with Crippen molar-refractivity contribution in [2.75, 3.05) is 0 Å². The highest BCUT2D eigenvalue weighted by Crippen LogP contribution is 2.32. The number of carbonyl (C=O) groups is 1. The van der Waals surface area contributed by atoms with Crippen molar-refractivity contribution in [1.29, 1.82) is 5.26 Å². The zero-order valence-corrected chi connectivity index (χ0v) is 18.1. The monoisotopic (exact) mass is 412 g/mol. The second kappa shape index (κ2) is 9.18. The minimum atomic E-state index is -0.143. The van der Waals surface area contributed by atoms with Crippen molar-refractivity contribution in [3.63, 3.8) is 0 Å². The van der Waals surface area contributed by atoms with Crippen LogP contribution in [0.4, 0.5) is 0 Å². The van der Waals surface area contributed by atoms with Crippen LogP contribution in [-0.4, -0.2) is 15.7 Å². The summed E-state index contributed by atoms with van der Waals surface area (Å²) in [5.74, 6) is 0.369. The summed E-state index contributed by atoms with van der Waals surface area (Å²) in [6, 6.07) is 19.6. The molecule has 1 unspecified atom stereocenters. The molecule has 31 heavy (non-hydrogen) atoms. The van der Waals surface area contributed by atoms with E-state index in [-0.39, 0.29) is 11.9 Å². The van der Waals surface area contributed by atoms with E-state index in [9.17, 15) is 4.79 Å². The Balaban J connectivity index is 1.44. The van der Waals surface area contributed by atoms with E-state index in [2.05, 4.69) is 16.5 Å². The maximum atomic E-state index is 12.8. The molecule has 1 aliphatic rings. The summed E-state index contributed by atoms with van der Waals surface area (Å²) in [6.45, 7) is 1.98. The lowest BCUT2D eigenvalue weighted by Crippen LogP contribution is -2.27. The van der Waals surface area contributed by atoms with Gasteiger partial charge < -0.3 is 5.32 Å². The molecule has 4 rings (SSSR count). The van der Waals surface area contributed by atoms with Crippen LogP contribution < -0.4 is 5.32 Å². The zero-order chi connectivity index (χ0) is 21.8. The highest BCUT2D eigenvalue weighted by atomic mass is 16.2. The Hall–Kier alpha value is -3.39. The molecular weight excluding hydrogens is 384 g/mol. The minimum absolute atomic E-state index is 0.132. The van der Waals surface area contributed by atoms with E-state index in [1.54, 1.807) is 6.07 Å². The third kappa shape index (κ3) is 4.69. The molecule has 0 bridgehead atoms. The molecule has 2 aromatic carbocycles. The van der Waals surface area contributed by atoms with Gasteiger partial charge in [0.15, 0.2) is 0 Å². The van der Waals surface area contributed by atoms with Gasteiger partial charge in [0, 0.05) is 18.7 Å². The first kappa shape index (κ1) is 20.9. The number of carbonyl (C=O) groups excluding carboxylic acids is 1. The molecule has 0 radical (unpaired) electrons. The molecule has 5 heteroatoms. The summed E-state index contributed by atoms with van der Waals surface area (Å²) < 4.78 is 1.87. The summed E-state index contributed by atoms with van der Waals surface area (Å²) in [6.07, 6.45) is 6.18. The van der Waals surface area contributed by atoms with Crippen molar-refractivity contribution in [2.24, 2.45) is 7.05 Å². The number of rotatable bonds is 5. The van der Waals surface area contributed by atoms with Crippen LogP contribution in [0.25, 0.3) is 11.1 Å². The van der Waals surface area contributed by atoms with Gasteiger partial charge >= 0.3 is 0 Å². The first-order valence-corrected chi connectivity index (χ1v) is 11.0. The Morgan fingerprint density at radius 2 is 1.84 bits per heavy atom. The van der Waals surface area contributed by atoms with Gasteiger partial charge in [0.1, 0.15) is 5.69 Å². The summed E-state index contributed by atoms with van der Waals surface area (Å²) in [5.41, 5.74) is 5.37. The van der Waals surface area contributed by atoms with Crippen LogP contribution in [0.1, 0.15) is 78.3 Å². The lowest BCUT2D eigenvalue weighted by molar-refractivity contribution is 0.0934. The van der Waals surface area contributed by atoms with E-state index in [1.807, 2.05) is 67.2 Å². The van der Waals surface area contributed by atoms with E-state index in [0.29, 0.717) is 17.2 Å². The van der Waals surface area contributed by atoms with Crippen LogP contribution in [0.3, 0.4) is 0 Å². The number of hydrogen-bond donors (Lipinski definition) is 1. The highest BCUT2D eigenvalue weighted by molar-refractivity contribution is 5.92. The largest absolute Gasteiger partial charge is 0.344 e. The molecule has 5 nitrogen and oxygen atoms in total. The van der Waals surface area contributed by atoms with Crippen molar-refractivity contribution < 1.29 is 4.79 Å².